The van der Waals surface area contributed by atoms with Crippen molar-refractivity contribution in [3.63, 3.8) is 0 Å². The molecule has 0 spiro atoms. The first-order valence-corrected chi connectivity index (χ1v) is 26.5. The van der Waals surface area contributed by atoms with Crippen LogP contribution in [-0.4, -0.2) is 386 Å². The molecule has 0 radical (unpaired) electrons. The molecule has 6 rings (SSSR count). The topological polar surface area (TPSA) is 614 Å². The predicted octanol–water partition coefficient (Wildman–Crippen LogP) is -16.4. The fraction of sp³-hybridized carbons (Fsp3) is 0.957. The molecule has 6 aliphatic heterocycles. The van der Waals surface area contributed by atoms with Crippen LogP contribution in [-0.2, 0) is 66.4 Å². The summed E-state index contributed by atoms with van der Waals surface area (Å²) in [5.74, 6) is -1.78. The summed E-state index contributed by atoms with van der Waals surface area (Å²) >= 11 is 0. The van der Waals surface area contributed by atoms with Crippen LogP contribution >= 0.6 is 0 Å². The lowest BCUT2D eigenvalue weighted by Gasteiger charge is -2.50. The fourth-order valence-electron chi connectivity index (χ4n) is 10.3. The number of hydrogen-bond acceptors (Lipinski definition) is 36. The van der Waals surface area contributed by atoms with Crippen molar-refractivity contribution in [1.29, 1.82) is 0 Å². The van der Waals surface area contributed by atoms with E-state index in [0.29, 0.717) is 0 Å². The van der Waals surface area contributed by atoms with Crippen molar-refractivity contribution in [2.24, 2.45) is 0 Å². The SMILES string of the molecule is CC(=O)N[C@H]1[C@H](O[C@H]2[C@@H](O)[C@@H](CO)O[C@@H](O[C@@H]([C@H](O)[C@@H](O)CO)[C@H](O)CO)[C@@H]2O)O[C@H](CO)[C@@H](O)[C@@H]1O[C@@H]1O[C@H](CO[C@@H]2O[C@H](CO)[C@@H](O)[C@H](O[C@@H]3O[C@H](CO)[C@H](O)[C@H](O[C@@H]4O[C@H](CO)[C@@H](O)[C@H](O)[C@H]4O)[C@H]3O)[C@H]2NC(C)=O)[C@H](O)[C@H](O)[C@H]1O. The van der Waals surface area contributed by atoms with Crippen molar-refractivity contribution >= 4 is 11.8 Å². The third kappa shape index (κ3) is 15.8. The molecule has 84 heavy (non-hydrogen) atoms. The van der Waals surface area contributed by atoms with Gasteiger partial charge < -0.3 is 180 Å². The quantitative estimate of drug-likeness (QED) is 0.0404. The molecule has 6 fully saturated rings. The second-order valence-corrected chi connectivity index (χ2v) is 20.8. The first kappa shape index (κ1) is 70.7. The monoisotopic (exact) mass is 1240 g/mol. The van der Waals surface area contributed by atoms with Crippen molar-refractivity contribution in [3.05, 3.63) is 0 Å². The highest BCUT2D eigenvalue weighted by Crippen LogP contribution is 2.37. The van der Waals surface area contributed by atoms with Gasteiger partial charge in [-0.25, -0.2) is 0 Å². The summed E-state index contributed by atoms with van der Waals surface area (Å²) in [6.45, 7) is -6.26. The molecule has 0 aromatic carbocycles. The van der Waals surface area contributed by atoms with E-state index in [9.17, 15) is 122 Å². The molecule has 0 aromatic heterocycles. The second-order valence-electron chi connectivity index (χ2n) is 20.8. The zero-order valence-electron chi connectivity index (χ0n) is 44.8. The van der Waals surface area contributed by atoms with Crippen LogP contribution in [0.15, 0.2) is 0 Å². The molecular formula is C46H80N2O36. The minimum Gasteiger partial charge on any atom is -0.394 e. The number of amides is 2. The van der Waals surface area contributed by atoms with Crippen LogP contribution in [0.25, 0.3) is 0 Å². The van der Waals surface area contributed by atoms with Gasteiger partial charge in [-0.3, -0.25) is 9.59 Å². The first-order chi connectivity index (χ1) is 39.7. The van der Waals surface area contributed by atoms with E-state index in [2.05, 4.69) is 10.6 Å². The largest absolute Gasteiger partial charge is 0.394 e. The standard InChI is InChI=1S/C46H80N2O36/c1-11(56)47-21-37(82-46-35(72)40(29(66)19(9-55)78-46)84-43-32(69)30(67)24(61)15(5-51)76-43)26(63)16(6-52)74-41(21)73-10-20-25(62)31(68)33(70)44(79-20)81-38-22(48-12(2)57)42(75-17(7-53)27(38)64)83-39-28(65)18(8-54)77-45(34(39)71)80-36(14(59)4-50)23(60)13(58)3-49/h13-46,49-55,58-72H,3-10H2,1-2H3,(H,47,56)(H,48,57)/t13-,14+,15+,16+,17+,18+,19+,20+,21+,22+,23+,24+,25-,26+,27+,28-,29-,30-,31-,32+,33+,34+,35+,36+,37+,38+,39-,40-,41+,42-,43-,44-,45-,46-/m0/s1. The van der Waals surface area contributed by atoms with E-state index < -0.39 is 273 Å². The molecule has 2 amide bonds. The number of carbonyl (C=O) groups excluding carboxylic acids is 2. The van der Waals surface area contributed by atoms with Crippen molar-refractivity contribution in [2.45, 2.75) is 222 Å². The summed E-state index contributed by atoms with van der Waals surface area (Å²) in [6.07, 6.45) is -63.8. The summed E-state index contributed by atoms with van der Waals surface area (Å²) in [4.78, 5) is 25.6. The molecule has 38 nitrogen and oxygen atoms in total. The van der Waals surface area contributed by atoms with E-state index in [0.717, 1.165) is 13.8 Å². The van der Waals surface area contributed by atoms with Crippen LogP contribution in [0.5, 0.6) is 0 Å². The molecule has 38 heteroatoms. The van der Waals surface area contributed by atoms with Crippen LogP contribution in [0.1, 0.15) is 13.8 Å². The van der Waals surface area contributed by atoms with Crippen molar-refractivity contribution < 1.29 is 179 Å². The smallest absolute Gasteiger partial charge is 0.217 e. The lowest BCUT2D eigenvalue weighted by Crippen LogP contribution is -2.70. The normalized spacial score (nSPS) is 46.4. The van der Waals surface area contributed by atoms with E-state index in [-0.39, 0.29) is 0 Å². The van der Waals surface area contributed by atoms with E-state index >= 15 is 0 Å². The Kier molecular flexibility index (Phi) is 26.4. The van der Waals surface area contributed by atoms with Gasteiger partial charge in [0.15, 0.2) is 37.7 Å². The number of aliphatic hydroxyl groups is 22. The molecule has 6 heterocycles. The Hall–Kier alpha value is -2.42. The molecule has 34 atom stereocenters. The zero-order chi connectivity index (χ0) is 62.3. The number of hydrogen-bond donors (Lipinski definition) is 24. The van der Waals surface area contributed by atoms with Crippen LogP contribution < -0.4 is 10.6 Å². The number of rotatable bonds is 25. The Labute approximate surface area is 475 Å². The van der Waals surface area contributed by atoms with Crippen LogP contribution in [0.4, 0.5) is 0 Å². The van der Waals surface area contributed by atoms with E-state index in [4.69, 9.17) is 56.8 Å². The zero-order valence-corrected chi connectivity index (χ0v) is 44.8. The molecule has 0 bridgehead atoms. The van der Waals surface area contributed by atoms with Gasteiger partial charge in [0.25, 0.3) is 0 Å². The van der Waals surface area contributed by atoms with Crippen LogP contribution in [0, 0.1) is 0 Å². The van der Waals surface area contributed by atoms with Gasteiger partial charge in [-0.05, 0) is 0 Å². The lowest BCUT2D eigenvalue weighted by atomic mass is 9.94. The van der Waals surface area contributed by atoms with Gasteiger partial charge in [-0.1, -0.05) is 0 Å². The highest BCUT2D eigenvalue weighted by Gasteiger charge is 2.58. The molecular weight excluding hydrogens is 1160 g/mol. The van der Waals surface area contributed by atoms with Gasteiger partial charge in [0, 0.05) is 13.8 Å². The van der Waals surface area contributed by atoms with Gasteiger partial charge in [0.05, 0.1) is 52.9 Å². The Balaban J connectivity index is 1.22. The lowest BCUT2D eigenvalue weighted by molar-refractivity contribution is -0.378. The average Bonchev–Trinajstić information content (AvgIpc) is 1.67. The third-order valence-electron chi connectivity index (χ3n) is 15.0. The van der Waals surface area contributed by atoms with Gasteiger partial charge in [-0.2, -0.15) is 0 Å². The van der Waals surface area contributed by atoms with Crippen LogP contribution in [0.3, 0.4) is 0 Å². The molecule has 24 N–H and O–H groups in total. The Morgan fingerprint density at radius 1 is 0.381 bits per heavy atom. The second kappa shape index (κ2) is 31.4. The number of nitrogens with one attached hydrogen (secondary N) is 2. The molecule has 0 aromatic rings. The van der Waals surface area contributed by atoms with E-state index in [1.165, 1.54) is 0 Å². The first-order valence-electron chi connectivity index (χ1n) is 26.5. The average molecular weight is 1240 g/mol. The van der Waals surface area contributed by atoms with E-state index in [1.807, 2.05) is 0 Å². The van der Waals surface area contributed by atoms with Crippen molar-refractivity contribution in [2.75, 3.05) is 52.9 Å². The molecule has 0 saturated carbocycles. The minimum absolute atomic E-state index is 0.866. The number of aliphatic hydroxyl groups excluding tert-OH is 22. The minimum atomic E-state index is -2.26. The number of ether oxygens (including phenoxy) is 12. The molecule has 6 saturated heterocycles. The van der Waals surface area contributed by atoms with Crippen LogP contribution in [0.2, 0.25) is 0 Å². The Morgan fingerprint density at radius 3 is 1.13 bits per heavy atom. The third-order valence-corrected chi connectivity index (χ3v) is 15.0. The summed E-state index contributed by atoms with van der Waals surface area (Å²) in [5, 5.41) is 239. The molecule has 490 valence electrons. The van der Waals surface area contributed by atoms with Gasteiger partial charge in [-0.15, -0.1) is 0 Å². The number of carbonyl (C=O) groups is 2. The maximum absolute atomic E-state index is 12.8. The summed E-state index contributed by atoms with van der Waals surface area (Å²) in [7, 11) is 0. The van der Waals surface area contributed by atoms with Crippen molar-refractivity contribution in [3.8, 4) is 0 Å². The van der Waals surface area contributed by atoms with Gasteiger partial charge in [0.2, 0.25) is 11.8 Å². The summed E-state index contributed by atoms with van der Waals surface area (Å²) in [6, 6.07) is -3.60. The molecule has 6 aliphatic rings. The predicted molar refractivity (Wildman–Crippen MR) is 257 cm³/mol. The van der Waals surface area contributed by atoms with Gasteiger partial charge in [0.1, 0.15) is 171 Å². The fourth-order valence-corrected chi connectivity index (χ4v) is 10.3. The molecule has 0 aliphatic carbocycles. The maximum atomic E-state index is 12.8. The Bertz CT molecular complexity index is 2010. The summed E-state index contributed by atoms with van der Waals surface area (Å²) in [5.41, 5.74) is 0. The van der Waals surface area contributed by atoms with E-state index in [1.54, 1.807) is 0 Å². The highest BCUT2D eigenvalue weighted by molar-refractivity contribution is 5.73. The van der Waals surface area contributed by atoms with Crippen molar-refractivity contribution in [1.82, 2.24) is 10.6 Å². The molecule has 0 unspecified atom stereocenters. The highest BCUT2D eigenvalue weighted by atomic mass is 16.8. The van der Waals surface area contributed by atoms with Gasteiger partial charge >= 0.3 is 0 Å². The summed E-state index contributed by atoms with van der Waals surface area (Å²) < 4.78 is 68.7. The maximum Gasteiger partial charge on any atom is 0.217 e. The Morgan fingerprint density at radius 2 is 0.702 bits per heavy atom.